The predicted octanol–water partition coefficient (Wildman–Crippen LogP) is 3.48. The summed E-state index contributed by atoms with van der Waals surface area (Å²) in [6, 6.07) is 10.7. The van der Waals surface area contributed by atoms with Crippen molar-refractivity contribution in [3.63, 3.8) is 0 Å². The Morgan fingerprint density at radius 2 is 2.05 bits per heavy atom. The van der Waals surface area contributed by atoms with Crippen LogP contribution in [-0.4, -0.2) is 19.6 Å². The fraction of sp³-hybridized carbons (Fsp3) is 0.389. The average molecular weight is 285 g/mol. The maximum absolute atomic E-state index is 10.9. The van der Waals surface area contributed by atoms with E-state index >= 15 is 0 Å². The first-order valence-electron chi connectivity index (χ1n) is 7.48. The van der Waals surface area contributed by atoms with E-state index in [9.17, 15) is 4.79 Å². The number of benzene rings is 2. The maximum atomic E-state index is 10.9. The number of amides is 1. The Kier molecular flexibility index (Phi) is 5.20. The number of aryl methyl sites for hydroxylation is 2. The van der Waals surface area contributed by atoms with Crippen LogP contribution in [0.1, 0.15) is 31.4 Å². The third-order valence-corrected chi connectivity index (χ3v) is 3.71. The molecule has 0 spiro atoms. The summed E-state index contributed by atoms with van der Waals surface area (Å²) in [5, 5.41) is 5.35. The highest BCUT2D eigenvalue weighted by Gasteiger charge is 2.06. The van der Waals surface area contributed by atoms with Crippen molar-refractivity contribution in [1.82, 2.24) is 5.32 Å². The van der Waals surface area contributed by atoms with Gasteiger partial charge in [-0.05, 0) is 53.3 Å². The van der Waals surface area contributed by atoms with E-state index < -0.39 is 0 Å². The summed E-state index contributed by atoms with van der Waals surface area (Å²) in [5.74, 6) is 0.915. The highest BCUT2D eigenvalue weighted by Crippen LogP contribution is 2.27. The Morgan fingerprint density at radius 1 is 1.24 bits per heavy atom. The zero-order valence-corrected chi connectivity index (χ0v) is 13.0. The highest BCUT2D eigenvalue weighted by atomic mass is 16.5. The third-order valence-electron chi connectivity index (χ3n) is 3.71. The van der Waals surface area contributed by atoms with E-state index in [0.717, 1.165) is 31.6 Å². The van der Waals surface area contributed by atoms with Gasteiger partial charge in [0.25, 0.3) is 0 Å². The standard InChI is InChI=1S/C18H23NO2/c1-4-14-10-15(6-5-9-19-13(2)20)18-12-17(21-3)8-7-16(18)11-14/h7-8,10-12H,4-6,9H2,1-3H3,(H,19,20). The van der Waals surface area contributed by atoms with Crippen LogP contribution >= 0.6 is 0 Å². The molecule has 0 radical (unpaired) electrons. The molecule has 0 bridgehead atoms. The van der Waals surface area contributed by atoms with Gasteiger partial charge < -0.3 is 10.1 Å². The van der Waals surface area contributed by atoms with Crippen LogP contribution in [0.25, 0.3) is 10.8 Å². The van der Waals surface area contributed by atoms with Crippen LogP contribution in [0.3, 0.4) is 0 Å². The van der Waals surface area contributed by atoms with E-state index in [1.165, 1.54) is 21.9 Å². The molecule has 0 saturated carbocycles. The van der Waals surface area contributed by atoms with Crippen LogP contribution in [0.15, 0.2) is 30.3 Å². The van der Waals surface area contributed by atoms with Crippen molar-refractivity contribution >= 4 is 16.7 Å². The summed E-state index contributed by atoms with van der Waals surface area (Å²) in [6.07, 6.45) is 2.93. The summed E-state index contributed by atoms with van der Waals surface area (Å²) in [7, 11) is 1.69. The number of nitrogens with one attached hydrogen (secondary N) is 1. The summed E-state index contributed by atoms with van der Waals surface area (Å²) < 4.78 is 5.33. The molecule has 0 saturated heterocycles. The summed E-state index contributed by atoms with van der Waals surface area (Å²) >= 11 is 0. The van der Waals surface area contributed by atoms with Gasteiger partial charge in [0.05, 0.1) is 7.11 Å². The van der Waals surface area contributed by atoms with Crippen LogP contribution in [0.4, 0.5) is 0 Å². The molecule has 0 aliphatic carbocycles. The van der Waals surface area contributed by atoms with Crippen molar-refractivity contribution in [3.05, 3.63) is 41.5 Å². The quantitative estimate of drug-likeness (QED) is 0.825. The van der Waals surface area contributed by atoms with Crippen molar-refractivity contribution in [2.45, 2.75) is 33.1 Å². The fourth-order valence-electron chi connectivity index (χ4n) is 2.56. The molecule has 0 aliphatic rings. The van der Waals surface area contributed by atoms with Gasteiger partial charge in [-0.25, -0.2) is 0 Å². The summed E-state index contributed by atoms with van der Waals surface area (Å²) in [6.45, 7) is 4.45. The van der Waals surface area contributed by atoms with E-state index in [0.29, 0.717) is 0 Å². The van der Waals surface area contributed by atoms with Crippen LogP contribution in [-0.2, 0) is 17.6 Å². The lowest BCUT2D eigenvalue weighted by Crippen LogP contribution is -2.21. The van der Waals surface area contributed by atoms with Gasteiger partial charge >= 0.3 is 0 Å². The van der Waals surface area contributed by atoms with Gasteiger partial charge in [-0.3, -0.25) is 4.79 Å². The van der Waals surface area contributed by atoms with Crippen molar-refractivity contribution in [2.75, 3.05) is 13.7 Å². The highest BCUT2D eigenvalue weighted by molar-refractivity contribution is 5.87. The van der Waals surface area contributed by atoms with Crippen molar-refractivity contribution < 1.29 is 9.53 Å². The number of fused-ring (bicyclic) bond motifs is 1. The van der Waals surface area contributed by atoms with Crippen LogP contribution in [0.5, 0.6) is 5.75 Å². The Morgan fingerprint density at radius 3 is 2.71 bits per heavy atom. The van der Waals surface area contributed by atoms with Crippen LogP contribution in [0.2, 0.25) is 0 Å². The molecular weight excluding hydrogens is 262 g/mol. The number of hydrogen-bond donors (Lipinski definition) is 1. The molecule has 1 N–H and O–H groups in total. The molecule has 3 heteroatoms. The molecule has 0 heterocycles. The second-order valence-electron chi connectivity index (χ2n) is 5.28. The van der Waals surface area contributed by atoms with Crippen LogP contribution < -0.4 is 10.1 Å². The lowest BCUT2D eigenvalue weighted by Gasteiger charge is -2.11. The second kappa shape index (κ2) is 7.11. The SMILES string of the molecule is CCc1cc(CCCNC(C)=O)c2cc(OC)ccc2c1. The molecule has 21 heavy (non-hydrogen) atoms. The zero-order valence-electron chi connectivity index (χ0n) is 13.0. The average Bonchev–Trinajstić information content (AvgIpc) is 2.50. The molecule has 0 unspecified atom stereocenters. The monoisotopic (exact) mass is 285 g/mol. The molecule has 0 fully saturated rings. The molecule has 2 rings (SSSR count). The van der Waals surface area contributed by atoms with Gasteiger partial charge in [-0.15, -0.1) is 0 Å². The molecule has 1 amide bonds. The fourth-order valence-corrected chi connectivity index (χ4v) is 2.56. The third kappa shape index (κ3) is 3.97. The minimum absolute atomic E-state index is 0.0313. The molecule has 0 atom stereocenters. The van der Waals surface area contributed by atoms with E-state index in [2.05, 4.69) is 36.5 Å². The lowest BCUT2D eigenvalue weighted by molar-refractivity contribution is -0.118. The minimum Gasteiger partial charge on any atom is -0.497 e. The number of carbonyl (C=O) groups excluding carboxylic acids is 1. The molecule has 0 aromatic heterocycles. The Bertz CT molecular complexity index is 634. The first-order chi connectivity index (χ1) is 10.1. The second-order valence-corrected chi connectivity index (χ2v) is 5.28. The Labute approximate surface area is 126 Å². The van der Waals surface area contributed by atoms with Crippen molar-refractivity contribution in [3.8, 4) is 5.75 Å². The predicted molar refractivity (Wildman–Crippen MR) is 86.9 cm³/mol. The van der Waals surface area contributed by atoms with E-state index in [4.69, 9.17) is 4.74 Å². The number of methoxy groups -OCH3 is 1. The molecule has 112 valence electrons. The summed E-state index contributed by atoms with van der Waals surface area (Å²) in [4.78, 5) is 10.9. The largest absolute Gasteiger partial charge is 0.497 e. The molecule has 2 aromatic rings. The Hall–Kier alpha value is -2.03. The van der Waals surface area contributed by atoms with E-state index in [1.54, 1.807) is 14.0 Å². The molecule has 2 aromatic carbocycles. The van der Waals surface area contributed by atoms with Crippen molar-refractivity contribution in [1.29, 1.82) is 0 Å². The number of hydrogen-bond acceptors (Lipinski definition) is 2. The topological polar surface area (TPSA) is 38.3 Å². The molecular formula is C18H23NO2. The van der Waals surface area contributed by atoms with Gasteiger partial charge in [0.15, 0.2) is 0 Å². The maximum Gasteiger partial charge on any atom is 0.216 e. The van der Waals surface area contributed by atoms with Gasteiger partial charge in [-0.2, -0.15) is 0 Å². The summed E-state index contributed by atoms with van der Waals surface area (Å²) in [5.41, 5.74) is 2.68. The van der Waals surface area contributed by atoms with E-state index in [-0.39, 0.29) is 5.91 Å². The number of rotatable bonds is 6. The molecule has 3 nitrogen and oxygen atoms in total. The van der Waals surface area contributed by atoms with Gasteiger partial charge in [0, 0.05) is 13.5 Å². The minimum atomic E-state index is 0.0313. The number of ether oxygens (including phenoxy) is 1. The smallest absolute Gasteiger partial charge is 0.216 e. The Balaban J connectivity index is 2.27. The van der Waals surface area contributed by atoms with Gasteiger partial charge in [-0.1, -0.05) is 25.1 Å². The van der Waals surface area contributed by atoms with Crippen molar-refractivity contribution in [2.24, 2.45) is 0 Å². The first kappa shape index (κ1) is 15.4. The normalized spacial score (nSPS) is 10.6. The zero-order chi connectivity index (χ0) is 15.2. The van der Waals surface area contributed by atoms with Gasteiger partial charge in [0.2, 0.25) is 5.91 Å². The van der Waals surface area contributed by atoms with Gasteiger partial charge in [0.1, 0.15) is 5.75 Å². The van der Waals surface area contributed by atoms with Crippen LogP contribution in [0, 0.1) is 0 Å². The lowest BCUT2D eigenvalue weighted by atomic mass is 9.96. The first-order valence-corrected chi connectivity index (χ1v) is 7.48. The molecule has 0 aliphatic heterocycles. The van der Waals surface area contributed by atoms with E-state index in [1.807, 2.05) is 6.07 Å². The number of carbonyl (C=O) groups is 1.